The molecule has 0 heterocycles. The largest absolute Gasteiger partial charge is 0.462 e. The van der Waals surface area contributed by atoms with Crippen LogP contribution in [0.4, 0.5) is 0 Å². The summed E-state index contributed by atoms with van der Waals surface area (Å²) in [6, 6.07) is 7.92. The van der Waals surface area contributed by atoms with Crippen LogP contribution in [0.3, 0.4) is 0 Å². The number of carbonyl (C=O) groups is 3. The third-order valence-electron chi connectivity index (χ3n) is 15.7. The first kappa shape index (κ1) is 38.7. The Hall–Kier alpha value is -2.02. The molecule has 0 saturated heterocycles. The zero-order valence-electron chi connectivity index (χ0n) is 32.8. The topological polar surface area (TPSA) is 83.9 Å². The Morgan fingerprint density at radius 2 is 1.73 bits per heavy atom. The molecule has 4 fully saturated rings. The summed E-state index contributed by atoms with van der Waals surface area (Å²) in [4.78, 5) is 40.7. The first-order valence-corrected chi connectivity index (χ1v) is 20.2. The molecule has 51 heavy (non-hydrogen) atoms. The number of esters is 1. The fraction of sp³-hybridized carbons (Fsp3) is 0.750. The Morgan fingerprint density at radius 1 is 1.04 bits per heavy atom. The van der Waals surface area contributed by atoms with Crippen molar-refractivity contribution < 1.29 is 24.2 Å². The van der Waals surface area contributed by atoms with E-state index in [-0.39, 0.29) is 58.3 Å². The molecule has 0 aliphatic heterocycles. The highest BCUT2D eigenvalue weighted by Crippen LogP contribution is 2.76. The molecule has 0 amide bonds. The molecule has 7 heteroatoms. The fourth-order valence-corrected chi connectivity index (χ4v) is 13.0. The molecule has 1 aromatic rings. The van der Waals surface area contributed by atoms with Crippen molar-refractivity contribution >= 4 is 29.6 Å². The third-order valence-corrected chi connectivity index (χ3v) is 16.0. The Labute approximate surface area is 312 Å². The number of aldehydes is 1. The summed E-state index contributed by atoms with van der Waals surface area (Å²) in [5.41, 5.74) is 2.54. The van der Waals surface area contributed by atoms with Gasteiger partial charge >= 0.3 is 5.97 Å². The number of fused-ring (bicyclic) bond motifs is 7. The lowest BCUT2D eigenvalue weighted by molar-refractivity contribution is -0.218. The zero-order chi connectivity index (χ0) is 37.3. The van der Waals surface area contributed by atoms with Crippen LogP contribution in [-0.2, 0) is 25.7 Å². The third kappa shape index (κ3) is 6.39. The standard InChI is InChI=1S/C44H64ClNO5/c1-27(2)38-33(48)22-44(36(49)25-46(9)24-29-10-12-30(45)13-11-29)21-20-42(7)32(39(38)44)14-15-35-41(6)18-17-34(51-37(50)23-40(4,5)26-47)28(3)31(41)16-19-43(35,42)8/h10-13,26-28,31-32,34-36,49H,14-25H2,1-9H3/t28?,31?,32?,34?,35?,36?,41?,42-,43?,44?/m1/s1. The SMILES string of the molecule is CC(C)C1=C2C3CCC4C5(C)CCC(OC(=O)CC(C)(C)C=O)C(C)C5CCC4(C)[C@]3(C)CCC2(C(O)CN(C)Cc2ccc(Cl)cc2)CC1=O. The maximum absolute atomic E-state index is 14.1. The highest BCUT2D eigenvalue weighted by Gasteiger charge is 2.69. The molecule has 4 saturated carbocycles. The minimum atomic E-state index is -0.708. The zero-order valence-corrected chi connectivity index (χ0v) is 33.6. The first-order chi connectivity index (χ1) is 23.8. The van der Waals surface area contributed by atoms with E-state index in [9.17, 15) is 19.5 Å². The second-order valence-corrected chi connectivity index (χ2v) is 19.9. The van der Waals surface area contributed by atoms with E-state index in [0.717, 1.165) is 73.8 Å². The summed E-state index contributed by atoms with van der Waals surface area (Å²) in [6.07, 6.45) is 8.88. The van der Waals surface area contributed by atoms with Gasteiger partial charge in [0.25, 0.3) is 0 Å². The molecule has 1 aromatic carbocycles. The molecule has 1 N–H and O–H groups in total. The number of hydrogen-bond donors (Lipinski definition) is 1. The van der Waals surface area contributed by atoms with Crippen LogP contribution >= 0.6 is 11.6 Å². The van der Waals surface area contributed by atoms with Crippen molar-refractivity contribution in [1.29, 1.82) is 0 Å². The molecule has 6 nitrogen and oxygen atoms in total. The predicted octanol–water partition coefficient (Wildman–Crippen LogP) is 9.25. The summed E-state index contributed by atoms with van der Waals surface area (Å²) in [6.45, 7) is 19.1. The molecule has 0 aromatic heterocycles. The van der Waals surface area contributed by atoms with Crippen LogP contribution < -0.4 is 0 Å². The fourth-order valence-electron chi connectivity index (χ4n) is 12.9. The normalized spacial score (nSPS) is 38.5. The van der Waals surface area contributed by atoms with Crippen molar-refractivity contribution in [2.45, 2.75) is 138 Å². The second kappa shape index (κ2) is 13.7. The van der Waals surface area contributed by atoms with Gasteiger partial charge in [-0.1, -0.05) is 84.7 Å². The molecular formula is C44H64ClNO5. The quantitative estimate of drug-likeness (QED) is 0.192. The summed E-state index contributed by atoms with van der Waals surface area (Å²) >= 11 is 6.14. The van der Waals surface area contributed by atoms with Crippen LogP contribution in [0, 0.1) is 56.7 Å². The number of benzene rings is 1. The summed E-state index contributed by atoms with van der Waals surface area (Å²) in [5.74, 6) is 1.69. The van der Waals surface area contributed by atoms with Gasteiger partial charge in [0.05, 0.1) is 12.5 Å². The van der Waals surface area contributed by atoms with Crippen LogP contribution in [0.5, 0.6) is 0 Å². The van der Waals surface area contributed by atoms with Crippen molar-refractivity contribution in [2.24, 2.45) is 56.7 Å². The second-order valence-electron chi connectivity index (χ2n) is 19.5. The molecule has 0 radical (unpaired) electrons. The average molecular weight is 722 g/mol. The van der Waals surface area contributed by atoms with E-state index in [0.29, 0.717) is 31.3 Å². The summed E-state index contributed by atoms with van der Waals surface area (Å²) in [7, 11) is 2.07. The van der Waals surface area contributed by atoms with Crippen LogP contribution in [0.1, 0.15) is 125 Å². The minimum Gasteiger partial charge on any atom is -0.462 e. The Morgan fingerprint density at radius 3 is 2.37 bits per heavy atom. The van der Waals surface area contributed by atoms with Gasteiger partial charge in [-0.15, -0.1) is 0 Å². The lowest BCUT2D eigenvalue weighted by atomic mass is 9.34. The molecular weight excluding hydrogens is 658 g/mol. The average Bonchev–Trinajstić information content (AvgIpc) is 3.37. The van der Waals surface area contributed by atoms with Crippen molar-refractivity contribution in [3.05, 3.63) is 46.0 Å². The van der Waals surface area contributed by atoms with Gasteiger partial charge in [-0.3, -0.25) is 14.5 Å². The summed E-state index contributed by atoms with van der Waals surface area (Å²) in [5, 5.41) is 13.0. The number of aliphatic hydroxyl groups is 1. The van der Waals surface area contributed by atoms with E-state index in [4.69, 9.17) is 16.3 Å². The number of carbonyl (C=O) groups excluding carboxylic acids is 3. The van der Waals surface area contributed by atoms with Crippen LogP contribution in [-0.4, -0.2) is 53.8 Å². The predicted molar refractivity (Wildman–Crippen MR) is 203 cm³/mol. The smallest absolute Gasteiger partial charge is 0.307 e. The summed E-state index contributed by atoms with van der Waals surface area (Å²) < 4.78 is 6.12. The number of halogens is 1. The number of Topliss-reactive ketones (excluding diaryl/α,β-unsaturated/α-hetero) is 1. The number of ketones is 1. The van der Waals surface area contributed by atoms with Crippen molar-refractivity contribution in [1.82, 2.24) is 4.90 Å². The van der Waals surface area contributed by atoms with Gasteiger partial charge in [0.15, 0.2) is 5.78 Å². The number of nitrogens with zero attached hydrogens (tertiary/aromatic N) is 1. The highest BCUT2D eigenvalue weighted by molar-refractivity contribution is 6.30. The maximum Gasteiger partial charge on any atom is 0.307 e. The molecule has 0 spiro atoms. The molecule has 10 atom stereocenters. The van der Waals surface area contributed by atoms with E-state index < -0.39 is 16.9 Å². The number of ether oxygens (including phenoxy) is 1. The number of likely N-dealkylation sites (N-methyl/N-ethyl adjacent to an activating group) is 1. The van der Waals surface area contributed by atoms with Crippen LogP contribution in [0.25, 0.3) is 0 Å². The first-order valence-electron chi connectivity index (χ1n) is 19.9. The van der Waals surface area contributed by atoms with Gasteiger partial charge < -0.3 is 14.6 Å². The van der Waals surface area contributed by atoms with Crippen molar-refractivity contribution in [3.63, 3.8) is 0 Å². The van der Waals surface area contributed by atoms with Gasteiger partial charge in [0.1, 0.15) is 12.4 Å². The van der Waals surface area contributed by atoms with E-state index >= 15 is 0 Å². The van der Waals surface area contributed by atoms with E-state index in [1.165, 1.54) is 5.57 Å². The molecule has 5 aliphatic carbocycles. The number of allylic oxidation sites excluding steroid dienone is 1. The van der Waals surface area contributed by atoms with E-state index in [2.05, 4.69) is 53.5 Å². The monoisotopic (exact) mass is 721 g/mol. The molecule has 9 unspecified atom stereocenters. The Kier molecular flexibility index (Phi) is 10.4. The van der Waals surface area contributed by atoms with Crippen LogP contribution in [0.2, 0.25) is 5.02 Å². The van der Waals surface area contributed by atoms with Gasteiger partial charge in [0.2, 0.25) is 0 Å². The van der Waals surface area contributed by atoms with Crippen molar-refractivity contribution in [2.75, 3.05) is 13.6 Å². The highest BCUT2D eigenvalue weighted by atomic mass is 35.5. The Bertz CT molecular complexity index is 1550. The molecule has 0 bridgehead atoms. The molecule has 6 rings (SSSR count). The number of aliphatic hydroxyl groups excluding tert-OH is 1. The molecule has 5 aliphatic rings. The molecule has 282 valence electrons. The number of rotatable bonds is 10. The lowest BCUT2D eigenvalue weighted by Crippen LogP contribution is -2.65. The van der Waals surface area contributed by atoms with Crippen LogP contribution in [0.15, 0.2) is 35.4 Å². The minimum absolute atomic E-state index is 0.0232. The Balaban J connectivity index is 1.26. The van der Waals surface area contributed by atoms with E-state index in [1.807, 2.05) is 24.3 Å². The van der Waals surface area contributed by atoms with Crippen molar-refractivity contribution in [3.8, 4) is 0 Å². The van der Waals surface area contributed by atoms with E-state index in [1.54, 1.807) is 13.8 Å². The van der Waals surface area contributed by atoms with Gasteiger partial charge in [-0.2, -0.15) is 0 Å². The van der Waals surface area contributed by atoms with Gasteiger partial charge in [0, 0.05) is 35.4 Å². The number of hydrogen-bond acceptors (Lipinski definition) is 6. The maximum atomic E-state index is 14.1. The van der Waals surface area contributed by atoms with Gasteiger partial charge in [-0.05, 0) is 128 Å². The lowest BCUT2D eigenvalue weighted by Gasteiger charge is -2.71. The van der Waals surface area contributed by atoms with Gasteiger partial charge in [-0.25, -0.2) is 0 Å².